The van der Waals surface area contributed by atoms with Crippen LogP contribution in [-0.4, -0.2) is 19.7 Å². The zero-order chi connectivity index (χ0) is 10.7. The molecule has 6 heteroatoms. The SMILES string of the molecule is CCc1csc(NCc2ncn(C)n2)n1. The quantitative estimate of drug-likeness (QED) is 0.852. The second-order valence-corrected chi connectivity index (χ2v) is 4.04. The first-order valence-electron chi connectivity index (χ1n) is 4.80. The fraction of sp³-hybridized carbons (Fsp3) is 0.444. The Morgan fingerprint density at radius 2 is 2.40 bits per heavy atom. The molecule has 0 saturated heterocycles. The standard InChI is InChI=1S/C9H13N5S/c1-3-7-5-15-9(12-7)10-4-8-11-6-14(2)13-8/h5-6H,3-4H2,1-2H3,(H,10,12). The highest BCUT2D eigenvalue weighted by Crippen LogP contribution is 2.15. The first-order chi connectivity index (χ1) is 7.28. The molecule has 80 valence electrons. The molecule has 2 rings (SSSR count). The summed E-state index contributed by atoms with van der Waals surface area (Å²) in [5.74, 6) is 0.783. The molecule has 2 heterocycles. The molecule has 0 aromatic carbocycles. The maximum Gasteiger partial charge on any atom is 0.183 e. The van der Waals surface area contributed by atoms with Crippen molar-refractivity contribution in [3.8, 4) is 0 Å². The molecule has 0 atom stereocenters. The number of aromatic nitrogens is 4. The molecule has 0 amide bonds. The summed E-state index contributed by atoms with van der Waals surface area (Å²) in [4.78, 5) is 8.52. The predicted molar refractivity (Wildman–Crippen MR) is 59.8 cm³/mol. The summed E-state index contributed by atoms with van der Waals surface area (Å²) in [5.41, 5.74) is 1.12. The third kappa shape index (κ3) is 2.53. The average molecular weight is 223 g/mol. The molecule has 0 aliphatic heterocycles. The van der Waals surface area contributed by atoms with Gasteiger partial charge < -0.3 is 5.32 Å². The minimum absolute atomic E-state index is 0.623. The number of rotatable bonds is 4. The molecule has 0 aliphatic rings. The number of hydrogen-bond acceptors (Lipinski definition) is 5. The number of anilines is 1. The zero-order valence-corrected chi connectivity index (χ0v) is 9.58. The molecular formula is C9H13N5S. The highest BCUT2D eigenvalue weighted by atomic mass is 32.1. The van der Waals surface area contributed by atoms with E-state index in [1.54, 1.807) is 22.3 Å². The molecule has 5 nitrogen and oxygen atoms in total. The minimum atomic E-state index is 0.623. The van der Waals surface area contributed by atoms with Crippen LogP contribution in [0.2, 0.25) is 0 Å². The van der Waals surface area contributed by atoms with E-state index >= 15 is 0 Å². The summed E-state index contributed by atoms with van der Waals surface area (Å²) in [6.07, 6.45) is 2.66. The van der Waals surface area contributed by atoms with Crippen LogP contribution in [0.1, 0.15) is 18.4 Å². The maximum absolute atomic E-state index is 4.40. The van der Waals surface area contributed by atoms with Crippen molar-refractivity contribution >= 4 is 16.5 Å². The van der Waals surface area contributed by atoms with Gasteiger partial charge in [0.05, 0.1) is 12.2 Å². The van der Waals surface area contributed by atoms with Crippen LogP contribution in [0.25, 0.3) is 0 Å². The van der Waals surface area contributed by atoms with E-state index in [2.05, 4.69) is 32.7 Å². The van der Waals surface area contributed by atoms with Gasteiger partial charge >= 0.3 is 0 Å². The third-order valence-electron chi connectivity index (χ3n) is 1.96. The normalized spacial score (nSPS) is 10.5. The van der Waals surface area contributed by atoms with Crippen molar-refractivity contribution in [3.63, 3.8) is 0 Å². The van der Waals surface area contributed by atoms with E-state index in [9.17, 15) is 0 Å². The summed E-state index contributed by atoms with van der Waals surface area (Å²) in [7, 11) is 1.86. The largest absolute Gasteiger partial charge is 0.354 e. The van der Waals surface area contributed by atoms with Crippen molar-refractivity contribution in [1.29, 1.82) is 0 Å². The highest BCUT2D eigenvalue weighted by Gasteiger charge is 2.02. The summed E-state index contributed by atoms with van der Waals surface area (Å²) >= 11 is 1.62. The van der Waals surface area contributed by atoms with Gasteiger partial charge in [-0.3, -0.25) is 4.68 Å². The van der Waals surface area contributed by atoms with Crippen LogP contribution in [0.3, 0.4) is 0 Å². The Balaban J connectivity index is 1.93. The number of hydrogen-bond donors (Lipinski definition) is 1. The minimum Gasteiger partial charge on any atom is -0.354 e. The molecule has 1 N–H and O–H groups in total. The van der Waals surface area contributed by atoms with E-state index < -0.39 is 0 Å². The van der Waals surface area contributed by atoms with Gasteiger partial charge in [-0.2, -0.15) is 5.10 Å². The second-order valence-electron chi connectivity index (χ2n) is 3.19. The van der Waals surface area contributed by atoms with Crippen LogP contribution in [0.15, 0.2) is 11.7 Å². The van der Waals surface area contributed by atoms with Gasteiger partial charge in [0.2, 0.25) is 0 Å². The molecule has 0 saturated carbocycles. The van der Waals surface area contributed by atoms with E-state index in [4.69, 9.17) is 0 Å². The second kappa shape index (κ2) is 4.39. The topological polar surface area (TPSA) is 55.6 Å². The maximum atomic E-state index is 4.40. The summed E-state index contributed by atoms with van der Waals surface area (Å²) < 4.78 is 1.69. The molecule has 0 unspecified atom stereocenters. The van der Waals surface area contributed by atoms with E-state index in [0.717, 1.165) is 23.1 Å². The van der Waals surface area contributed by atoms with Crippen LogP contribution < -0.4 is 5.32 Å². The van der Waals surface area contributed by atoms with Gasteiger partial charge in [0, 0.05) is 12.4 Å². The van der Waals surface area contributed by atoms with Crippen LogP contribution in [0.4, 0.5) is 5.13 Å². The molecule has 0 aliphatic carbocycles. The van der Waals surface area contributed by atoms with Crippen LogP contribution in [0.5, 0.6) is 0 Å². The smallest absolute Gasteiger partial charge is 0.183 e. The van der Waals surface area contributed by atoms with E-state index in [1.807, 2.05) is 7.05 Å². The van der Waals surface area contributed by atoms with Crippen molar-refractivity contribution in [2.24, 2.45) is 7.05 Å². The lowest BCUT2D eigenvalue weighted by Gasteiger charge is -1.97. The molecule has 0 bridgehead atoms. The average Bonchev–Trinajstić information content (AvgIpc) is 2.83. The monoisotopic (exact) mass is 223 g/mol. The Bertz CT molecular complexity index is 433. The number of nitrogens with one attached hydrogen (secondary N) is 1. The summed E-state index contributed by atoms with van der Waals surface area (Å²) in [5, 5.41) is 10.4. The highest BCUT2D eigenvalue weighted by molar-refractivity contribution is 7.13. The summed E-state index contributed by atoms with van der Waals surface area (Å²) in [6.45, 7) is 2.72. The molecule has 15 heavy (non-hydrogen) atoms. The lowest BCUT2D eigenvalue weighted by atomic mass is 10.4. The van der Waals surface area contributed by atoms with Gasteiger partial charge in [-0.15, -0.1) is 11.3 Å². The Labute approximate surface area is 92.2 Å². The van der Waals surface area contributed by atoms with E-state index in [1.165, 1.54) is 0 Å². The summed E-state index contributed by atoms with van der Waals surface area (Å²) in [6, 6.07) is 0. The Morgan fingerprint density at radius 1 is 1.53 bits per heavy atom. The van der Waals surface area contributed by atoms with Crippen molar-refractivity contribution in [2.45, 2.75) is 19.9 Å². The Morgan fingerprint density at radius 3 is 3.00 bits per heavy atom. The zero-order valence-electron chi connectivity index (χ0n) is 8.77. The number of thiazole rings is 1. The van der Waals surface area contributed by atoms with E-state index in [0.29, 0.717) is 6.54 Å². The van der Waals surface area contributed by atoms with Crippen LogP contribution in [-0.2, 0) is 20.0 Å². The van der Waals surface area contributed by atoms with Gasteiger partial charge in [0.1, 0.15) is 6.33 Å². The molecule has 0 radical (unpaired) electrons. The molecule has 0 fully saturated rings. The van der Waals surface area contributed by atoms with Gasteiger partial charge in [-0.05, 0) is 6.42 Å². The Hall–Kier alpha value is -1.43. The van der Waals surface area contributed by atoms with Gasteiger partial charge in [0.15, 0.2) is 11.0 Å². The molecular weight excluding hydrogens is 210 g/mol. The lowest BCUT2D eigenvalue weighted by molar-refractivity contribution is 0.747. The van der Waals surface area contributed by atoms with Crippen LogP contribution in [0, 0.1) is 0 Å². The molecule has 2 aromatic heterocycles. The van der Waals surface area contributed by atoms with E-state index in [-0.39, 0.29) is 0 Å². The van der Waals surface area contributed by atoms with Crippen LogP contribution >= 0.6 is 11.3 Å². The van der Waals surface area contributed by atoms with Crippen molar-refractivity contribution in [3.05, 3.63) is 23.2 Å². The fourth-order valence-corrected chi connectivity index (χ4v) is 1.96. The van der Waals surface area contributed by atoms with Gasteiger partial charge in [0.25, 0.3) is 0 Å². The number of nitrogens with zero attached hydrogens (tertiary/aromatic N) is 4. The lowest BCUT2D eigenvalue weighted by Crippen LogP contribution is -2.02. The molecule has 0 spiro atoms. The predicted octanol–water partition coefficient (Wildman–Crippen LogP) is 1.45. The Kier molecular flexibility index (Phi) is 2.96. The first-order valence-corrected chi connectivity index (χ1v) is 5.68. The fourth-order valence-electron chi connectivity index (χ4n) is 1.17. The van der Waals surface area contributed by atoms with Gasteiger partial charge in [-0.1, -0.05) is 6.92 Å². The van der Waals surface area contributed by atoms with Gasteiger partial charge in [-0.25, -0.2) is 9.97 Å². The first kappa shape index (κ1) is 10.1. The molecule has 2 aromatic rings. The van der Waals surface area contributed by atoms with Crippen molar-refractivity contribution < 1.29 is 0 Å². The third-order valence-corrected chi connectivity index (χ3v) is 2.81. The van der Waals surface area contributed by atoms with Crippen molar-refractivity contribution in [1.82, 2.24) is 19.7 Å². The van der Waals surface area contributed by atoms with Crippen molar-refractivity contribution in [2.75, 3.05) is 5.32 Å². The number of aryl methyl sites for hydroxylation is 2.